The van der Waals surface area contributed by atoms with E-state index in [-0.39, 0.29) is 17.8 Å². The van der Waals surface area contributed by atoms with Gasteiger partial charge in [0.25, 0.3) is 0 Å². The number of carbonyl (C=O) groups excluding carboxylic acids is 2. The van der Waals surface area contributed by atoms with Crippen LogP contribution in [0.5, 0.6) is 5.75 Å². The lowest BCUT2D eigenvalue weighted by Gasteiger charge is -2.36. The van der Waals surface area contributed by atoms with Gasteiger partial charge in [-0.15, -0.1) is 0 Å². The zero-order valence-corrected chi connectivity index (χ0v) is 24.1. The number of alkyl carbamates (subject to hydrolysis) is 1. The number of carbonyl (C=O) groups is 2. The van der Waals surface area contributed by atoms with Crippen molar-refractivity contribution in [2.24, 2.45) is 11.8 Å². The molecule has 0 radical (unpaired) electrons. The van der Waals surface area contributed by atoms with Gasteiger partial charge in [0.05, 0.1) is 13.0 Å². The van der Waals surface area contributed by atoms with Crippen LogP contribution < -0.4 is 10.1 Å². The van der Waals surface area contributed by atoms with E-state index >= 15 is 0 Å². The number of benzene rings is 2. The zero-order chi connectivity index (χ0) is 27.8. The van der Waals surface area contributed by atoms with E-state index in [9.17, 15) is 9.59 Å². The molecule has 3 rings (SSSR count). The second-order valence-corrected chi connectivity index (χ2v) is 12.0. The van der Waals surface area contributed by atoms with Crippen molar-refractivity contribution in [3.63, 3.8) is 0 Å². The third-order valence-electron chi connectivity index (χ3n) is 5.88. The molecular formula is C30H36ClNO5S. The van der Waals surface area contributed by atoms with Gasteiger partial charge >= 0.3 is 12.1 Å². The molecule has 0 aromatic heterocycles. The van der Waals surface area contributed by atoms with Crippen molar-refractivity contribution in [3.8, 4) is 5.75 Å². The molecule has 8 heteroatoms. The van der Waals surface area contributed by atoms with Gasteiger partial charge < -0.3 is 14.2 Å². The Labute approximate surface area is 234 Å². The first-order valence-corrected chi connectivity index (χ1v) is 13.8. The minimum Gasteiger partial charge on any atom is -0.489 e. The summed E-state index contributed by atoms with van der Waals surface area (Å²) >= 11 is 8.60. The fourth-order valence-corrected chi connectivity index (χ4v) is 5.35. The number of amides is 1. The minimum absolute atomic E-state index is 0.256. The Morgan fingerprint density at radius 2 is 1.87 bits per heavy atom. The van der Waals surface area contributed by atoms with Gasteiger partial charge in [-0.1, -0.05) is 78.8 Å². The second-order valence-electron chi connectivity index (χ2n) is 10.3. The van der Waals surface area contributed by atoms with Crippen LogP contribution in [0.2, 0.25) is 0 Å². The summed E-state index contributed by atoms with van der Waals surface area (Å²) in [6.45, 7) is 7.70. The molecule has 0 saturated carbocycles. The molecule has 0 fully saturated rings. The van der Waals surface area contributed by atoms with E-state index in [2.05, 4.69) is 5.32 Å². The summed E-state index contributed by atoms with van der Waals surface area (Å²) in [5.41, 5.74) is 0.425. The number of allylic oxidation sites excluding steroid dienone is 1. The Balaban J connectivity index is 1.75. The molecule has 0 heterocycles. The molecule has 0 spiro atoms. The Morgan fingerprint density at radius 1 is 1.13 bits per heavy atom. The zero-order valence-electron chi connectivity index (χ0n) is 22.5. The number of hydrogen-bond acceptors (Lipinski definition) is 6. The van der Waals surface area contributed by atoms with Crippen LogP contribution in [0.15, 0.2) is 82.6 Å². The van der Waals surface area contributed by atoms with Crippen molar-refractivity contribution in [1.29, 1.82) is 0 Å². The van der Waals surface area contributed by atoms with Crippen LogP contribution in [0.3, 0.4) is 0 Å². The molecule has 3 atom stereocenters. The lowest BCUT2D eigenvalue weighted by molar-refractivity contribution is -0.145. The number of hydrogen-bond donors (Lipinski definition) is 1. The van der Waals surface area contributed by atoms with Crippen LogP contribution in [0.1, 0.15) is 46.1 Å². The standard InChI is InChI=1S/C30H36ClNO5S/c1-21(27(33)35-5)14-15-23-16-17-26(19-30(23,31)32-28(34)37-29(2,3)4)38-25-13-9-12-24(18-25)36-20-22-10-7-6-8-11-22/h6-13,16-19,21,23H,14-15,20H2,1-5H3,(H,32,34)/t21-,23?,30?/m0/s1. The summed E-state index contributed by atoms with van der Waals surface area (Å²) in [4.78, 5) is 25.2. The average molecular weight is 558 g/mol. The highest BCUT2D eigenvalue weighted by atomic mass is 35.5. The van der Waals surface area contributed by atoms with E-state index in [1.54, 1.807) is 20.8 Å². The first-order chi connectivity index (χ1) is 18.0. The first kappa shape index (κ1) is 29.7. The monoisotopic (exact) mass is 557 g/mol. The minimum atomic E-state index is -1.23. The number of halogens is 1. The van der Waals surface area contributed by atoms with Crippen LogP contribution in [-0.2, 0) is 20.9 Å². The fourth-order valence-electron chi connectivity index (χ4n) is 3.92. The van der Waals surface area contributed by atoms with Gasteiger partial charge in [0.15, 0.2) is 0 Å². The molecule has 204 valence electrons. The summed E-state index contributed by atoms with van der Waals surface area (Å²) < 4.78 is 16.3. The second kappa shape index (κ2) is 13.3. The lowest BCUT2D eigenvalue weighted by Crippen LogP contribution is -2.50. The number of thioether (sulfide) groups is 1. The maximum Gasteiger partial charge on any atom is 0.409 e. The molecule has 0 bridgehead atoms. The highest BCUT2D eigenvalue weighted by Gasteiger charge is 2.39. The van der Waals surface area contributed by atoms with Crippen LogP contribution >= 0.6 is 23.4 Å². The molecule has 38 heavy (non-hydrogen) atoms. The van der Waals surface area contributed by atoms with Crippen LogP contribution in [0, 0.1) is 11.8 Å². The van der Waals surface area contributed by atoms with Gasteiger partial charge in [-0.3, -0.25) is 10.1 Å². The summed E-state index contributed by atoms with van der Waals surface area (Å²) in [7, 11) is 1.38. The van der Waals surface area contributed by atoms with E-state index in [1.807, 2.05) is 79.7 Å². The largest absolute Gasteiger partial charge is 0.489 e. The summed E-state index contributed by atoms with van der Waals surface area (Å²) in [5, 5.41) is 2.86. The molecule has 2 aromatic rings. The van der Waals surface area contributed by atoms with Crippen molar-refractivity contribution in [3.05, 3.63) is 83.3 Å². The molecule has 1 N–H and O–H groups in total. The Morgan fingerprint density at radius 3 is 2.55 bits per heavy atom. The third-order valence-corrected chi connectivity index (χ3v) is 7.34. The number of ether oxygens (including phenoxy) is 3. The molecule has 2 aromatic carbocycles. The van der Waals surface area contributed by atoms with Crippen molar-refractivity contribution >= 4 is 35.4 Å². The number of rotatable bonds is 10. The summed E-state index contributed by atoms with van der Waals surface area (Å²) in [6, 6.07) is 17.8. The highest BCUT2D eigenvalue weighted by Crippen LogP contribution is 2.41. The first-order valence-electron chi connectivity index (χ1n) is 12.6. The van der Waals surface area contributed by atoms with Gasteiger partial charge in [0.1, 0.15) is 23.0 Å². The number of alkyl halides is 1. The Hall–Kier alpha value is -2.90. The maximum atomic E-state index is 12.7. The van der Waals surface area contributed by atoms with Crippen LogP contribution in [0.4, 0.5) is 4.79 Å². The number of methoxy groups -OCH3 is 1. The van der Waals surface area contributed by atoms with E-state index < -0.39 is 16.7 Å². The predicted octanol–water partition coefficient (Wildman–Crippen LogP) is 7.48. The summed E-state index contributed by atoms with van der Waals surface area (Å²) in [5.74, 6) is -0.0490. The smallest absolute Gasteiger partial charge is 0.409 e. The van der Waals surface area contributed by atoms with Gasteiger partial charge in [-0.25, -0.2) is 4.79 Å². The van der Waals surface area contributed by atoms with Crippen molar-refractivity contribution < 1.29 is 23.8 Å². The number of esters is 1. The molecule has 1 aliphatic carbocycles. The highest BCUT2D eigenvalue weighted by molar-refractivity contribution is 8.03. The van der Waals surface area contributed by atoms with Gasteiger partial charge in [0, 0.05) is 15.7 Å². The molecule has 2 unspecified atom stereocenters. The van der Waals surface area contributed by atoms with E-state index in [1.165, 1.54) is 18.9 Å². The van der Waals surface area contributed by atoms with E-state index in [0.29, 0.717) is 19.4 Å². The molecule has 0 aliphatic heterocycles. The molecule has 0 saturated heterocycles. The molecule has 6 nitrogen and oxygen atoms in total. The quantitative estimate of drug-likeness (QED) is 0.185. The molecular weight excluding hydrogens is 522 g/mol. The van der Waals surface area contributed by atoms with Crippen molar-refractivity contribution in [2.45, 2.75) is 62.6 Å². The van der Waals surface area contributed by atoms with Gasteiger partial charge in [0.2, 0.25) is 0 Å². The van der Waals surface area contributed by atoms with Crippen molar-refractivity contribution in [2.75, 3.05) is 7.11 Å². The van der Waals surface area contributed by atoms with Gasteiger partial charge in [-0.2, -0.15) is 0 Å². The van der Waals surface area contributed by atoms with Crippen molar-refractivity contribution in [1.82, 2.24) is 5.32 Å². The van der Waals surface area contributed by atoms with Gasteiger partial charge in [-0.05, 0) is 63.5 Å². The normalized spacial score (nSPS) is 19.7. The fraction of sp³-hybridized carbons (Fsp3) is 0.400. The van der Waals surface area contributed by atoms with Crippen LogP contribution in [0.25, 0.3) is 0 Å². The average Bonchev–Trinajstić information content (AvgIpc) is 2.85. The topological polar surface area (TPSA) is 73.9 Å². The molecule has 1 amide bonds. The Kier molecular flexibility index (Phi) is 10.3. The van der Waals surface area contributed by atoms with E-state index in [0.717, 1.165) is 21.1 Å². The third kappa shape index (κ3) is 9.14. The predicted molar refractivity (Wildman–Crippen MR) is 152 cm³/mol. The lowest BCUT2D eigenvalue weighted by atomic mass is 9.87. The van der Waals surface area contributed by atoms with E-state index in [4.69, 9.17) is 25.8 Å². The Bertz CT molecular complexity index is 1160. The molecule has 1 aliphatic rings. The van der Waals surface area contributed by atoms with Crippen LogP contribution in [-0.4, -0.2) is 29.8 Å². The maximum absolute atomic E-state index is 12.7. The SMILES string of the molecule is COC(=O)[C@@H](C)CCC1C=CC(Sc2cccc(OCc3ccccc3)c2)=CC1(Cl)NC(=O)OC(C)(C)C. The number of nitrogens with one attached hydrogen (secondary N) is 1. The summed E-state index contributed by atoms with van der Waals surface area (Å²) in [6.07, 6.45) is 6.34.